The number of rotatable bonds is 7. The fourth-order valence-corrected chi connectivity index (χ4v) is 2.35. The lowest BCUT2D eigenvalue weighted by Gasteiger charge is -2.36. The first kappa shape index (κ1) is 19.6. The Hall–Kier alpha value is -0.393. The van der Waals surface area contributed by atoms with Crippen LogP contribution in [0.15, 0.2) is 0 Å². The number of carbonyl (C=O) groups excluding carboxylic acids is 1. The second-order valence-corrected chi connectivity index (χ2v) is 12.5. The Bertz CT molecular complexity index is 303. The number of carbonyl (C=O) groups is 1. The highest BCUT2D eigenvalue weighted by molar-refractivity contribution is 6.74. The summed E-state index contributed by atoms with van der Waals surface area (Å²) in [4.78, 5) is 11.5. The highest BCUT2D eigenvalue weighted by Crippen LogP contribution is 2.36. The van der Waals surface area contributed by atoms with Crippen molar-refractivity contribution in [3.05, 3.63) is 0 Å². The van der Waals surface area contributed by atoms with E-state index in [0.29, 0.717) is 19.6 Å². The van der Waals surface area contributed by atoms with Crippen LogP contribution in [0.25, 0.3) is 0 Å². The van der Waals surface area contributed by atoms with E-state index in [-0.39, 0.29) is 11.0 Å². The van der Waals surface area contributed by atoms with Gasteiger partial charge in [0.2, 0.25) is 0 Å². The smallest absolute Gasteiger partial charge is 0.307 e. The molecule has 0 saturated heterocycles. The lowest BCUT2D eigenvalue weighted by Crippen LogP contribution is -2.42. The van der Waals surface area contributed by atoms with Gasteiger partial charge in [-0.3, -0.25) is 4.79 Å². The van der Waals surface area contributed by atoms with Gasteiger partial charge in [-0.05, 0) is 38.9 Å². The van der Waals surface area contributed by atoms with E-state index in [1.807, 2.05) is 20.8 Å². The van der Waals surface area contributed by atoms with Crippen molar-refractivity contribution in [3.8, 4) is 0 Å². The van der Waals surface area contributed by atoms with E-state index >= 15 is 0 Å². The maximum absolute atomic E-state index is 11.5. The standard InChI is InChI=1S/C15H33NO3Si/c1-14(2,3)19-13(17)9-10-16-11-12-18-20(7,8)15(4,5)6/h16H,9-12H2,1-8H3. The van der Waals surface area contributed by atoms with E-state index < -0.39 is 13.9 Å². The molecule has 0 unspecified atom stereocenters. The van der Waals surface area contributed by atoms with Gasteiger partial charge in [-0.25, -0.2) is 0 Å². The number of ether oxygens (including phenoxy) is 1. The van der Waals surface area contributed by atoms with Gasteiger partial charge in [0.15, 0.2) is 8.32 Å². The summed E-state index contributed by atoms with van der Waals surface area (Å²) in [6.45, 7) is 18.9. The first-order chi connectivity index (χ1) is 8.85. The molecule has 0 fully saturated rings. The first-order valence-corrected chi connectivity index (χ1v) is 10.3. The van der Waals surface area contributed by atoms with Crippen molar-refractivity contribution in [2.24, 2.45) is 0 Å². The molecule has 0 aromatic rings. The number of hydrogen-bond acceptors (Lipinski definition) is 4. The molecule has 20 heavy (non-hydrogen) atoms. The van der Waals surface area contributed by atoms with Crippen molar-refractivity contribution >= 4 is 14.3 Å². The number of esters is 1. The van der Waals surface area contributed by atoms with Crippen molar-refractivity contribution < 1.29 is 14.0 Å². The number of nitrogens with one attached hydrogen (secondary N) is 1. The molecule has 5 heteroatoms. The minimum atomic E-state index is -1.65. The second-order valence-electron chi connectivity index (χ2n) is 7.70. The molecular weight excluding hydrogens is 270 g/mol. The van der Waals surface area contributed by atoms with E-state index in [2.05, 4.69) is 39.2 Å². The van der Waals surface area contributed by atoms with Gasteiger partial charge in [0.1, 0.15) is 5.60 Å². The van der Waals surface area contributed by atoms with Gasteiger partial charge in [0, 0.05) is 19.7 Å². The summed E-state index contributed by atoms with van der Waals surface area (Å²) in [6, 6.07) is 0. The van der Waals surface area contributed by atoms with Gasteiger partial charge in [-0.1, -0.05) is 20.8 Å². The minimum Gasteiger partial charge on any atom is -0.460 e. The average Bonchev–Trinajstić information content (AvgIpc) is 2.18. The molecular formula is C15H33NO3Si. The van der Waals surface area contributed by atoms with Crippen LogP contribution in [0.3, 0.4) is 0 Å². The predicted octanol–water partition coefficient (Wildman–Crippen LogP) is 3.33. The molecule has 0 saturated carbocycles. The molecule has 0 bridgehead atoms. The van der Waals surface area contributed by atoms with Crippen molar-refractivity contribution in [1.82, 2.24) is 5.32 Å². The second kappa shape index (κ2) is 7.57. The van der Waals surface area contributed by atoms with Gasteiger partial charge in [0.25, 0.3) is 0 Å². The summed E-state index contributed by atoms with van der Waals surface area (Å²) in [5, 5.41) is 3.46. The third-order valence-corrected chi connectivity index (χ3v) is 8.01. The predicted molar refractivity (Wildman–Crippen MR) is 86.5 cm³/mol. The Morgan fingerprint density at radius 2 is 1.60 bits per heavy atom. The van der Waals surface area contributed by atoms with Crippen LogP contribution in [0, 0.1) is 0 Å². The van der Waals surface area contributed by atoms with Crippen LogP contribution in [-0.2, 0) is 14.0 Å². The zero-order valence-corrected chi connectivity index (χ0v) is 15.6. The quantitative estimate of drug-likeness (QED) is 0.445. The highest BCUT2D eigenvalue weighted by Gasteiger charge is 2.36. The molecule has 0 spiro atoms. The molecule has 4 nitrogen and oxygen atoms in total. The first-order valence-electron chi connectivity index (χ1n) is 7.42. The lowest BCUT2D eigenvalue weighted by molar-refractivity contribution is -0.154. The third-order valence-electron chi connectivity index (χ3n) is 3.47. The van der Waals surface area contributed by atoms with Crippen LogP contribution >= 0.6 is 0 Å². The highest BCUT2D eigenvalue weighted by atomic mass is 28.4. The van der Waals surface area contributed by atoms with Gasteiger partial charge in [0.05, 0.1) is 6.42 Å². The van der Waals surface area contributed by atoms with Crippen LogP contribution in [0.5, 0.6) is 0 Å². The Morgan fingerprint density at radius 1 is 1.05 bits per heavy atom. The molecule has 0 aliphatic heterocycles. The van der Waals surface area contributed by atoms with E-state index in [1.165, 1.54) is 0 Å². The number of hydrogen-bond donors (Lipinski definition) is 1. The molecule has 1 N–H and O–H groups in total. The van der Waals surface area contributed by atoms with Crippen LogP contribution in [0.1, 0.15) is 48.0 Å². The molecule has 0 radical (unpaired) electrons. The summed E-state index contributed by atoms with van der Waals surface area (Å²) >= 11 is 0. The third kappa shape index (κ3) is 8.71. The van der Waals surface area contributed by atoms with Gasteiger partial charge in [-0.15, -0.1) is 0 Å². The van der Waals surface area contributed by atoms with Crippen LogP contribution in [0.4, 0.5) is 0 Å². The largest absolute Gasteiger partial charge is 0.460 e. The molecule has 0 aromatic heterocycles. The van der Waals surface area contributed by atoms with Gasteiger partial charge < -0.3 is 14.5 Å². The van der Waals surface area contributed by atoms with E-state index in [4.69, 9.17) is 9.16 Å². The van der Waals surface area contributed by atoms with Gasteiger partial charge >= 0.3 is 5.97 Å². The molecule has 120 valence electrons. The Labute approximate surface area is 125 Å². The van der Waals surface area contributed by atoms with Crippen LogP contribution in [-0.4, -0.2) is 39.6 Å². The van der Waals surface area contributed by atoms with Crippen LogP contribution < -0.4 is 5.32 Å². The summed E-state index contributed by atoms with van der Waals surface area (Å²) in [7, 11) is -1.65. The average molecular weight is 304 g/mol. The van der Waals surface area contributed by atoms with E-state index in [9.17, 15) is 4.79 Å². The van der Waals surface area contributed by atoms with E-state index in [1.54, 1.807) is 0 Å². The zero-order valence-electron chi connectivity index (χ0n) is 14.6. The monoisotopic (exact) mass is 303 g/mol. The summed E-state index contributed by atoms with van der Waals surface area (Å²) in [5.74, 6) is -0.157. The minimum absolute atomic E-state index is 0.157. The fourth-order valence-electron chi connectivity index (χ4n) is 1.30. The molecule has 0 atom stereocenters. The van der Waals surface area contributed by atoms with Crippen molar-refractivity contribution in [2.75, 3.05) is 19.7 Å². The normalized spacial score (nSPS) is 13.4. The topological polar surface area (TPSA) is 47.6 Å². The molecule has 0 aromatic carbocycles. The molecule has 0 aliphatic rings. The Kier molecular flexibility index (Phi) is 7.42. The van der Waals surface area contributed by atoms with Crippen molar-refractivity contribution in [3.63, 3.8) is 0 Å². The maximum atomic E-state index is 11.5. The van der Waals surface area contributed by atoms with Crippen molar-refractivity contribution in [2.45, 2.75) is 71.7 Å². The van der Waals surface area contributed by atoms with Gasteiger partial charge in [-0.2, -0.15) is 0 Å². The summed E-state index contributed by atoms with van der Waals surface area (Å²) < 4.78 is 11.3. The SMILES string of the molecule is CC(C)(C)OC(=O)CCNCCO[Si](C)(C)C(C)(C)C. The molecule has 0 amide bonds. The van der Waals surface area contributed by atoms with Crippen LogP contribution in [0.2, 0.25) is 18.1 Å². The molecule has 0 heterocycles. The molecule has 0 aliphatic carbocycles. The molecule has 0 rings (SSSR count). The lowest BCUT2D eigenvalue weighted by atomic mass is 10.2. The van der Waals surface area contributed by atoms with E-state index in [0.717, 1.165) is 6.54 Å². The van der Waals surface area contributed by atoms with Crippen molar-refractivity contribution in [1.29, 1.82) is 0 Å². The zero-order chi connectivity index (χ0) is 16.0. The maximum Gasteiger partial charge on any atom is 0.307 e. The fraction of sp³-hybridized carbons (Fsp3) is 0.933. The Morgan fingerprint density at radius 3 is 2.05 bits per heavy atom. The Balaban J connectivity index is 3.72. The summed E-state index contributed by atoms with van der Waals surface area (Å²) in [6.07, 6.45) is 0.400. The summed E-state index contributed by atoms with van der Waals surface area (Å²) in [5.41, 5.74) is -0.400.